The second-order valence-corrected chi connectivity index (χ2v) is 4.63. The fraction of sp³-hybridized carbons (Fsp3) is 0.818. The average Bonchev–Trinajstić information content (AvgIpc) is 2.65. The molecule has 0 spiro atoms. The summed E-state index contributed by atoms with van der Waals surface area (Å²) >= 11 is 0. The summed E-state index contributed by atoms with van der Waals surface area (Å²) in [5.41, 5.74) is 1.63. The van der Waals surface area contributed by atoms with Crippen molar-refractivity contribution in [2.45, 2.75) is 45.6 Å². The monoisotopic (exact) mass is 167 g/mol. The zero-order chi connectivity index (χ0) is 9.19. The second kappa shape index (κ2) is 3.61. The molecule has 1 heteroatoms. The van der Waals surface area contributed by atoms with Gasteiger partial charge in [-0.25, -0.2) is 0 Å². The van der Waals surface area contributed by atoms with Crippen LogP contribution in [-0.2, 0) is 0 Å². The Labute approximate surface area is 76.2 Å². The third-order valence-corrected chi connectivity index (χ3v) is 2.73. The van der Waals surface area contributed by atoms with E-state index in [4.69, 9.17) is 0 Å². The van der Waals surface area contributed by atoms with Crippen LogP contribution in [0.15, 0.2) is 12.2 Å². The molecule has 0 amide bonds. The van der Waals surface area contributed by atoms with Crippen molar-refractivity contribution in [1.29, 1.82) is 0 Å². The fourth-order valence-corrected chi connectivity index (χ4v) is 1.55. The quantitative estimate of drug-likeness (QED) is 0.621. The van der Waals surface area contributed by atoms with Crippen molar-refractivity contribution < 1.29 is 0 Å². The van der Waals surface area contributed by atoms with E-state index < -0.39 is 0 Å². The number of hydrogen-bond donors (Lipinski definition) is 1. The lowest BCUT2D eigenvalue weighted by molar-refractivity contribution is 0.344. The van der Waals surface area contributed by atoms with Gasteiger partial charge in [0.05, 0.1) is 0 Å². The van der Waals surface area contributed by atoms with Gasteiger partial charge in [0.2, 0.25) is 0 Å². The molecule has 0 unspecified atom stereocenters. The Morgan fingerprint density at radius 1 is 1.50 bits per heavy atom. The van der Waals surface area contributed by atoms with E-state index in [-0.39, 0.29) is 0 Å². The molecule has 1 fully saturated rings. The van der Waals surface area contributed by atoms with E-state index in [1.165, 1.54) is 18.4 Å². The van der Waals surface area contributed by atoms with Crippen LogP contribution in [0.3, 0.4) is 0 Å². The summed E-state index contributed by atoms with van der Waals surface area (Å²) in [7, 11) is 0. The molecular weight excluding hydrogens is 146 g/mol. The summed E-state index contributed by atoms with van der Waals surface area (Å²) in [6, 6.07) is 0. The van der Waals surface area contributed by atoms with Crippen LogP contribution in [0.5, 0.6) is 0 Å². The minimum absolute atomic E-state index is 0.357. The first-order chi connectivity index (χ1) is 5.52. The van der Waals surface area contributed by atoms with Crippen LogP contribution in [0.2, 0.25) is 0 Å². The molecule has 12 heavy (non-hydrogen) atoms. The molecule has 0 atom stereocenters. The van der Waals surface area contributed by atoms with Gasteiger partial charge in [-0.1, -0.05) is 5.57 Å². The Morgan fingerprint density at radius 3 is 2.50 bits per heavy atom. The molecule has 0 saturated heterocycles. The minimum Gasteiger partial charge on any atom is -0.311 e. The molecule has 70 valence electrons. The lowest BCUT2D eigenvalue weighted by atomic mass is 9.98. The first-order valence-corrected chi connectivity index (χ1v) is 4.92. The number of hydrogen-bond acceptors (Lipinski definition) is 1. The lowest BCUT2D eigenvalue weighted by Gasteiger charge is -2.26. The Bertz CT molecular complexity index is 166. The molecule has 0 aromatic heterocycles. The summed E-state index contributed by atoms with van der Waals surface area (Å²) < 4.78 is 0. The van der Waals surface area contributed by atoms with Crippen LogP contribution < -0.4 is 5.32 Å². The largest absolute Gasteiger partial charge is 0.311 e. The van der Waals surface area contributed by atoms with Gasteiger partial charge in [-0.3, -0.25) is 0 Å². The molecule has 0 heterocycles. The van der Waals surface area contributed by atoms with Crippen LogP contribution in [0.25, 0.3) is 0 Å². The fourth-order valence-electron chi connectivity index (χ4n) is 1.55. The maximum absolute atomic E-state index is 3.90. The van der Waals surface area contributed by atoms with Crippen LogP contribution in [0.4, 0.5) is 0 Å². The molecule has 1 N–H and O–H groups in total. The Morgan fingerprint density at radius 2 is 2.08 bits per heavy atom. The highest BCUT2D eigenvalue weighted by molar-refractivity contribution is 4.96. The molecule has 0 aromatic rings. The predicted molar refractivity (Wildman–Crippen MR) is 54.2 cm³/mol. The van der Waals surface area contributed by atoms with Gasteiger partial charge in [0, 0.05) is 5.54 Å². The van der Waals surface area contributed by atoms with Gasteiger partial charge in [0.15, 0.2) is 0 Å². The zero-order valence-electron chi connectivity index (χ0n) is 8.61. The highest BCUT2D eigenvalue weighted by Crippen LogP contribution is 2.39. The van der Waals surface area contributed by atoms with Crippen LogP contribution in [-0.4, -0.2) is 12.1 Å². The van der Waals surface area contributed by atoms with Crippen LogP contribution >= 0.6 is 0 Å². The number of nitrogens with one attached hydrogen (secondary N) is 1. The zero-order valence-corrected chi connectivity index (χ0v) is 8.61. The van der Waals surface area contributed by atoms with Crippen LogP contribution in [0.1, 0.15) is 40.0 Å². The van der Waals surface area contributed by atoms with Gasteiger partial charge in [-0.15, -0.1) is 6.58 Å². The lowest BCUT2D eigenvalue weighted by Crippen LogP contribution is -2.41. The van der Waals surface area contributed by atoms with E-state index in [1.54, 1.807) is 0 Å². The molecule has 0 aliphatic heterocycles. The van der Waals surface area contributed by atoms with Crippen molar-refractivity contribution in [2.75, 3.05) is 6.54 Å². The molecule has 0 radical (unpaired) electrons. The van der Waals surface area contributed by atoms with E-state index in [0.717, 1.165) is 18.9 Å². The smallest absolute Gasteiger partial charge is 0.0153 e. The minimum atomic E-state index is 0.357. The SMILES string of the molecule is C=C(C)CCNC(C)(C)C1CC1. The molecule has 1 nitrogen and oxygen atoms in total. The molecule has 1 rings (SSSR count). The van der Waals surface area contributed by atoms with Crippen molar-refractivity contribution in [2.24, 2.45) is 5.92 Å². The topological polar surface area (TPSA) is 12.0 Å². The number of rotatable bonds is 5. The van der Waals surface area contributed by atoms with Gasteiger partial charge in [-0.05, 0) is 52.5 Å². The average molecular weight is 167 g/mol. The summed E-state index contributed by atoms with van der Waals surface area (Å²) in [6.45, 7) is 11.7. The molecule has 1 aliphatic rings. The van der Waals surface area contributed by atoms with Crippen molar-refractivity contribution in [3.05, 3.63) is 12.2 Å². The van der Waals surface area contributed by atoms with Crippen LogP contribution in [0, 0.1) is 5.92 Å². The van der Waals surface area contributed by atoms with Gasteiger partial charge < -0.3 is 5.32 Å². The summed E-state index contributed by atoms with van der Waals surface area (Å²) in [4.78, 5) is 0. The first-order valence-electron chi connectivity index (χ1n) is 4.92. The molecule has 0 bridgehead atoms. The molecule has 0 aromatic carbocycles. The van der Waals surface area contributed by atoms with Gasteiger partial charge in [0.25, 0.3) is 0 Å². The summed E-state index contributed by atoms with van der Waals surface area (Å²) in [6.07, 6.45) is 3.93. The third-order valence-electron chi connectivity index (χ3n) is 2.73. The van der Waals surface area contributed by atoms with Gasteiger partial charge >= 0.3 is 0 Å². The van der Waals surface area contributed by atoms with Gasteiger partial charge in [-0.2, -0.15) is 0 Å². The van der Waals surface area contributed by atoms with E-state index in [9.17, 15) is 0 Å². The summed E-state index contributed by atoms with van der Waals surface area (Å²) in [5, 5.41) is 3.59. The van der Waals surface area contributed by atoms with E-state index in [0.29, 0.717) is 5.54 Å². The second-order valence-electron chi connectivity index (χ2n) is 4.63. The third kappa shape index (κ3) is 2.98. The maximum Gasteiger partial charge on any atom is 0.0153 e. The Hall–Kier alpha value is -0.300. The summed E-state index contributed by atoms with van der Waals surface area (Å²) in [5.74, 6) is 0.919. The Balaban J connectivity index is 2.16. The molecule has 1 aliphatic carbocycles. The maximum atomic E-state index is 3.90. The highest BCUT2D eigenvalue weighted by Gasteiger charge is 2.36. The Kier molecular flexibility index (Phi) is 2.94. The highest BCUT2D eigenvalue weighted by atomic mass is 15.0. The first kappa shape index (κ1) is 9.79. The van der Waals surface area contributed by atoms with E-state index in [1.807, 2.05) is 0 Å². The van der Waals surface area contributed by atoms with Crippen molar-refractivity contribution in [1.82, 2.24) is 5.32 Å². The standard InChI is InChI=1S/C11H21N/c1-9(2)7-8-12-11(3,4)10-5-6-10/h10,12H,1,5-8H2,2-4H3. The van der Waals surface area contributed by atoms with E-state index in [2.05, 4.69) is 32.7 Å². The van der Waals surface area contributed by atoms with Gasteiger partial charge in [0.1, 0.15) is 0 Å². The predicted octanol–water partition coefficient (Wildman–Crippen LogP) is 2.73. The molecular formula is C11H21N. The molecule has 1 saturated carbocycles. The van der Waals surface area contributed by atoms with E-state index >= 15 is 0 Å². The van der Waals surface area contributed by atoms with Crippen molar-refractivity contribution in [3.8, 4) is 0 Å². The van der Waals surface area contributed by atoms with Crippen molar-refractivity contribution in [3.63, 3.8) is 0 Å². The normalized spacial score (nSPS) is 17.9. The van der Waals surface area contributed by atoms with Crippen molar-refractivity contribution >= 4 is 0 Å².